The summed E-state index contributed by atoms with van der Waals surface area (Å²) in [6.07, 6.45) is 2.27. The molecule has 2 rings (SSSR count). The number of benzene rings is 1. The van der Waals surface area contributed by atoms with Crippen LogP contribution >= 0.6 is 0 Å². The average molecular weight is 217 g/mol. The van der Waals surface area contributed by atoms with Gasteiger partial charge >= 0.3 is 0 Å². The lowest BCUT2D eigenvalue weighted by atomic mass is 10.1. The number of fused-ring (bicyclic) bond motifs is 1. The van der Waals surface area contributed by atoms with Crippen molar-refractivity contribution in [3.05, 3.63) is 51.4 Å². The summed E-state index contributed by atoms with van der Waals surface area (Å²) < 4.78 is 5.51. The Morgan fingerprint density at radius 2 is 2.12 bits per heavy atom. The molecule has 0 aliphatic carbocycles. The molecule has 0 aliphatic heterocycles. The Morgan fingerprint density at radius 1 is 1.38 bits per heavy atom. The molecule has 0 radical (unpaired) electrons. The summed E-state index contributed by atoms with van der Waals surface area (Å²) in [5, 5.41) is 11.2. The van der Waals surface area contributed by atoms with Crippen LogP contribution in [0.3, 0.4) is 0 Å². The van der Waals surface area contributed by atoms with Crippen LogP contribution in [0, 0.1) is 24.0 Å². The zero-order chi connectivity index (χ0) is 11.7. The van der Waals surface area contributed by atoms with Gasteiger partial charge in [0.1, 0.15) is 11.3 Å². The van der Waals surface area contributed by atoms with Crippen LogP contribution in [-0.4, -0.2) is 4.92 Å². The van der Waals surface area contributed by atoms with Crippen LogP contribution in [0.25, 0.3) is 17.0 Å². The standard InChI is InChI=1S/C12H11NO3/c1-8-3-4-12-10(7-8)9(2)11(16-12)5-6-13(14)15/h3-7H,1-2H3/b6-5+. The van der Waals surface area contributed by atoms with Gasteiger partial charge in [-0.15, -0.1) is 0 Å². The van der Waals surface area contributed by atoms with Crippen molar-refractivity contribution < 1.29 is 9.34 Å². The minimum Gasteiger partial charge on any atom is -0.456 e. The molecular formula is C12H11NO3. The monoisotopic (exact) mass is 217 g/mol. The molecule has 0 fully saturated rings. The van der Waals surface area contributed by atoms with Crippen molar-refractivity contribution >= 4 is 17.0 Å². The third kappa shape index (κ3) is 1.82. The second-order valence-electron chi connectivity index (χ2n) is 3.69. The molecule has 0 amide bonds. The second kappa shape index (κ2) is 3.81. The minimum atomic E-state index is -0.502. The lowest BCUT2D eigenvalue weighted by Crippen LogP contribution is -1.82. The molecule has 0 saturated heterocycles. The predicted octanol–water partition coefficient (Wildman–Crippen LogP) is 3.30. The van der Waals surface area contributed by atoms with Crippen LogP contribution in [0.5, 0.6) is 0 Å². The first kappa shape index (κ1) is 10.4. The van der Waals surface area contributed by atoms with E-state index in [9.17, 15) is 10.1 Å². The lowest BCUT2D eigenvalue weighted by molar-refractivity contribution is -0.401. The van der Waals surface area contributed by atoms with Crippen LogP contribution in [0.1, 0.15) is 16.9 Å². The highest BCUT2D eigenvalue weighted by Crippen LogP contribution is 2.26. The van der Waals surface area contributed by atoms with Gasteiger partial charge < -0.3 is 4.42 Å². The van der Waals surface area contributed by atoms with Crippen molar-refractivity contribution in [1.82, 2.24) is 0 Å². The minimum absolute atomic E-state index is 0.502. The van der Waals surface area contributed by atoms with Gasteiger partial charge in [-0.25, -0.2) is 0 Å². The summed E-state index contributed by atoms with van der Waals surface area (Å²) in [6, 6.07) is 5.84. The number of nitro groups is 1. The Kier molecular flexibility index (Phi) is 2.48. The topological polar surface area (TPSA) is 56.3 Å². The van der Waals surface area contributed by atoms with Gasteiger partial charge in [-0.1, -0.05) is 11.6 Å². The molecule has 1 aromatic carbocycles. The van der Waals surface area contributed by atoms with Crippen molar-refractivity contribution in [2.75, 3.05) is 0 Å². The smallest absolute Gasteiger partial charge is 0.238 e. The predicted molar refractivity (Wildman–Crippen MR) is 61.7 cm³/mol. The molecule has 4 heteroatoms. The van der Waals surface area contributed by atoms with E-state index in [4.69, 9.17) is 4.42 Å². The van der Waals surface area contributed by atoms with E-state index in [1.165, 1.54) is 6.08 Å². The van der Waals surface area contributed by atoms with Gasteiger partial charge in [0.2, 0.25) is 6.20 Å². The highest BCUT2D eigenvalue weighted by atomic mass is 16.6. The molecule has 0 atom stereocenters. The largest absolute Gasteiger partial charge is 0.456 e. The van der Waals surface area contributed by atoms with Gasteiger partial charge in [0.15, 0.2) is 0 Å². The van der Waals surface area contributed by atoms with Gasteiger partial charge in [0.05, 0.1) is 11.0 Å². The molecule has 0 bridgehead atoms. The van der Waals surface area contributed by atoms with E-state index in [1.807, 2.05) is 32.0 Å². The maximum atomic E-state index is 10.2. The maximum absolute atomic E-state index is 10.2. The van der Waals surface area contributed by atoms with Gasteiger partial charge in [0.25, 0.3) is 0 Å². The van der Waals surface area contributed by atoms with Crippen molar-refractivity contribution in [2.24, 2.45) is 0 Å². The van der Waals surface area contributed by atoms with Crippen molar-refractivity contribution in [3.63, 3.8) is 0 Å². The number of furan rings is 1. The quantitative estimate of drug-likeness (QED) is 0.572. The molecular weight excluding hydrogens is 206 g/mol. The Balaban J connectivity index is 2.56. The van der Waals surface area contributed by atoms with Gasteiger partial charge in [-0.2, -0.15) is 0 Å². The van der Waals surface area contributed by atoms with Crippen molar-refractivity contribution in [2.45, 2.75) is 13.8 Å². The van der Waals surface area contributed by atoms with Crippen molar-refractivity contribution in [1.29, 1.82) is 0 Å². The van der Waals surface area contributed by atoms with Crippen LogP contribution in [0.15, 0.2) is 28.8 Å². The third-order valence-corrected chi connectivity index (χ3v) is 2.48. The molecule has 0 saturated carbocycles. The van der Waals surface area contributed by atoms with E-state index in [1.54, 1.807) is 0 Å². The van der Waals surface area contributed by atoms with Gasteiger partial charge in [-0.3, -0.25) is 10.1 Å². The summed E-state index contributed by atoms with van der Waals surface area (Å²) >= 11 is 0. The highest BCUT2D eigenvalue weighted by molar-refractivity contribution is 5.84. The maximum Gasteiger partial charge on any atom is 0.238 e. The Hall–Kier alpha value is -2.10. The zero-order valence-electron chi connectivity index (χ0n) is 9.06. The van der Waals surface area contributed by atoms with E-state index in [0.717, 1.165) is 28.3 Å². The SMILES string of the molecule is Cc1ccc2oc(/C=C/[N+](=O)[O-])c(C)c2c1. The van der Waals surface area contributed by atoms with Gasteiger partial charge in [-0.05, 0) is 26.0 Å². The second-order valence-corrected chi connectivity index (χ2v) is 3.69. The normalized spacial score (nSPS) is 11.4. The van der Waals surface area contributed by atoms with E-state index >= 15 is 0 Å². The molecule has 0 spiro atoms. The van der Waals surface area contributed by atoms with E-state index in [0.29, 0.717) is 5.76 Å². The Bertz CT molecular complexity index is 581. The van der Waals surface area contributed by atoms with E-state index in [2.05, 4.69) is 0 Å². The summed E-state index contributed by atoms with van der Waals surface area (Å²) in [5.41, 5.74) is 2.82. The third-order valence-electron chi connectivity index (χ3n) is 2.48. The molecule has 0 aliphatic rings. The number of hydrogen-bond acceptors (Lipinski definition) is 3. The number of rotatable bonds is 2. The molecule has 82 valence electrons. The molecule has 0 unspecified atom stereocenters. The van der Waals surface area contributed by atoms with E-state index < -0.39 is 4.92 Å². The fourth-order valence-electron chi connectivity index (χ4n) is 1.64. The summed E-state index contributed by atoms with van der Waals surface area (Å²) in [7, 11) is 0. The lowest BCUT2D eigenvalue weighted by Gasteiger charge is -1.91. The summed E-state index contributed by atoms with van der Waals surface area (Å²) in [6.45, 7) is 3.89. The molecule has 4 nitrogen and oxygen atoms in total. The summed E-state index contributed by atoms with van der Waals surface area (Å²) in [4.78, 5) is 9.73. The molecule has 1 heterocycles. The number of nitrogens with zero attached hydrogens (tertiary/aromatic N) is 1. The molecule has 1 aromatic heterocycles. The van der Waals surface area contributed by atoms with Crippen LogP contribution in [-0.2, 0) is 0 Å². The molecule has 0 N–H and O–H groups in total. The summed E-state index contributed by atoms with van der Waals surface area (Å²) in [5.74, 6) is 0.539. The Labute approximate surface area is 92.3 Å². The van der Waals surface area contributed by atoms with Gasteiger partial charge in [0, 0.05) is 10.9 Å². The number of hydrogen-bond donors (Lipinski definition) is 0. The fraction of sp³-hybridized carbons (Fsp3) is 0.167. The van der Waals surface area contributed by atoms with Crippen LogP contribution in [0.2, 0.25) is 0 Å². The molecule has 2 aromatic rings. The Morgan fingerprint density at radius 3 is 2.81 bits per heavy atom. The molecule has 16 heavy (non-hydrogen) atoms. The fourth-order valence-corrected chi connectivity index (χ4v) is 1.64. The van der Waals surface area contributed by atoms with Crippen LogP contribution in [0.4, 0.5) is 0 Å². The van der Waals surface area contributed by atoms with Crippen molar-refractivity contribution in [3.8, 4) is 0 Å². The zero-order valence-corrected chi connectivity index (χ0v) is 9.06. The number of aryl methyl sites for hydroxylation is 2. The van der Waals surface area contributed by atoms with E-state index in [-0.39, 0.29) is 0 Å². The first-order valence-corrected chi connectivity index (χ1v) is 4.89. The highest BCUT2D eigenvalue weighted by Gasteiger charge is 2.08. The average Bonchev–Trinajstić information content (AvgIpc) is 2.53. The van der Waals surface area contributed by atoms with Crippen LogP contribution < -0.4 is 0 Å². The first-order chi connectivity index (χ1) is 7.58. The first-order valence-electron chi connectivity index (χ1n) is 4.89.